The van der Waals surface area contributed by atoms with Crippen molar-refractivity contribution in [2.24, 2.45) is 0 Å². The Morgan fingerprint density at radius 3 is 2.91 bits per heavy atom. The molecule has 0 bridgehead atoms. The third-order valence-electron chi connectivity index (χ3n) is 1.32. The first-order valence-corrected chi connectivity index (χ1v) is 4.56. The molecule has 0 atom stereocenters. The Bertz CT molecular complexity index is 396. The molecule has 11 heavy (non-hydrogen) atoms. The van der Waals surface area contributed by atoms with Crippen LogP contribution >= 0.6 is 31.9 Å². The smallest absolute Gasteiger partial charge is 0.265 e. The molecular weight excluding hydrogens is 274 g/mol. The molecule has 0 saturated heterocycles. The molecule has 0 aliphatic rings. The van der Waals surface area contributed by atoms with E-state index in [2.05, 4.69) is 36.8 Å². The lowest BCUT2D eigenvalue weighted by molar-refractivity contribution is 0.570. The van der Waals surface area contributed by atoms with Crippen LogP contribution in [0.4, 0.5) is 0 Å². The van der Waals surface area contributed by atoms with Crippen LogP contribution in [0.15, 0.2) is 31.9 Å². The number of aromatic nitrogens is 1. The van der Waals surface area contributed by atoms with Crippen molar-refractivity contribution in [3.05, 3.63) is 27.5 Å². The fourth-order valence-electron chi connectivity index (χ4n) is 0.872. The third-order valence-corrected chi connectivity index (χ3v) is 2.16. The second kappa shape index (κ2) is 2.60. The van der Waals surface area contributed by atoms with E-state index < -0.39 is 0 Å². The second-order valence-corrected chi connectivity index (χ2v) is 3.67. The maximum atomic E-state index is 5.21. The minimum atomic E-state index is 0.519. The monoisotopic (exact) mass is 275 g/mol. The highest BCUT2D eigenvalue weighted by atomic mass is 79.9. The molecular formula is C7H3Br2NO. The Morgan fingerprint density at radius 2 is 2.09 bits per heavy atom. The zero-order valence-electron chi connectivity index (χ0n) is 5.34. The molecule has 2 rings (SSSR count). The zero-order valence-corrected chi connectivity index (χ0v) is 8.52. The van der Waals surface area contributed by atoms with E-state index in [1.54, 1.807) is 0 Å². The van der Waals surface area contributed by atoms with Crippen molar-refractivity contribution in [2.75, 3.05) is 0 Å². The molecule has 1 aromatic heterocycles. The number of nitrogens with zero attached hydrogens (tertiary/aromatic N) is 1. The summed E-state index contributed by atoms with van der Waals surface area (Å²) in [6.07, 6.45) is 0. The van der Waals surface area contributed by atoms with Crippen LogP contribution in [0.1, 0.15) is 0 Å². The highest BCUT2D eigenvalue weighted by molar-refractivity contribution is 9.10. The van der Waals surface area contributed by atoms with Crippen LogP contribution in [0.25, 0.3) is 11.1 Å². The molecule has 1 aromatic carbocycles. The summed E-state index contributed by atoms with van der Waals surface area (Å²) < 4.78 is 6.21. The number of fused-ring (bicyclic) bond motifs is 1. The summed E-state index contributed by atoms with van der Waals surface area (Å²) in [6, 6.07) is 5.70. The van der Waals surface area contributed by atoms with Gasteiger partial charge in [-0.25, -0.2) is 4.98 Å². The van der Waals surface area contributed by atoms with Gasteiger partial charge in [-0.05, 0) is 18.2 Å². The van der Waals surface area contributed by atoms with Gasteiger partial charge in [0, 0.05) is 20.4 Å². The fraction of sp³-hybridized carbons (Fsp3) is 0. The van der Waals surface area contributed by atoms with E-state index in [-0.39, 0.29) is 0 Å². The third kappa shape index (κ3) is 1.32. The summed E-state index contributed by atoms with van der Waals surface area (Å²) in [6.45, 7) is 0. The van der Waals surface area contributed by atoms with Crippen LogP contribution in [0.5, 0.6) is 0 Å². The van der Waals surface area contributed by atoms with Gasteiger partial charge < -0.3 is 4.42 Å². The zero-order chi connectivity index (χ0) is 7.84. The van der Waals surface area contributed by atoms with Crippen LogP contribution in [0.3, 0.4) is 0 Å². The van der Waals surface area contributed by atoms with Gasteiger partial charge in [-0.3, -0.25) is 0 Å². The number of halogens is 2. The van der Waals surface area contributed by atoms with E-state index in [1.807, 2.05) is 18.2 Å². The van der Waals surface area contributed by atoms with Gasteiger partial charge in [0.1, 0.15) is 5.52 Å². The highest BCUT2D eigenvalue weighted by Gasteiger charge is 2.01. The van der Waals surface area contributed by atoms with E-state index >= 15 is 0 Å². The van der Waals surface area contributed by atoms with Crippen molar-refractivity contribution < 1.29 is 4.42 Å². The van der Waals surface area contributed by atoms with Gasteiger partial charge >= 0.3 is 0 Å². The van der Waals surface area contributed by atoms with Crippen molar-refractivity contribution in [3.8, 4) is 0 Å². The van der Waals surface area contributed by atoms with Gasteiger partial charge in [0.2, 0.25) is 0 Å². The summed E-state index contributed by atoms with van der Waals surface area (Å²) in [5, 5.41) is 0. The van der Waals surface area contributed by atoms with Gasteiger partial charge in [0.25, 0.3) is 4.80 Å². The molecule has 1 heterocycles. The Labute approximate surface area is 79.9 Å². The standard InChI is InChI=1S/C7H3Br2NO/c8-4-1-2-6-5(3-4)10-7(9)11-6/h1-3H. The number of oxazole rings is 1. The van der Waals surface area contributed by atoms with Crippen molar-refractivity contribution in [3.63, 3.8) is 0 Å². The van der Waals surface area contributed by atoms with Gasteiger partial charge in [-0.1, -0.05) is 15.9 Å². The maximum Gasteiger partial charge on any atom is 0.265 e. The molecule has 0 amide bonds. The quantitative estimate of drug-likeness (QED) is 0.738. The summed E-state index contributed by atoms with van der Waals surface area (Å²) in [4.78, 5) is 4.61. The molecule has 0 N–H and O–H groups in total. The van der Waals surface area contributed by atoms with E-state index in [4.69, 9.17) is 4.42 Å². The Morgan fingerprint density at radius 1 is 1.27 bits per heavy atom. The number of rotatable bonds is 0. The molecule has 0 fully saturated rings. The van der Waals surface area contributed by atoms with E-state index in [1.165, 1.54) is 0 Å². The molecule has 4 heteroatoms. The van der Waals surface area contributed by atoms with Crippen molar-refractivity contribution in [1.82, 2.24) is 4.98 Å². The minimum Gasteiger partial charge on any atom is -0.431 e. The van der Waals surface area contributed by atoms with Crippen molar-refractivity contribution >= 4 is 43.0 Å². The Kier molecular flexibility index (Phi) is 1.73. The highest BCUT2D eigenvalue weighted by Crippen LogP contribution is 2.22. The molecule has 0 radical (unpaired) electrons. The van der Waals surface area contributed by atoms with Crippen LogP contribution in [0.2, 0.25) is 0 Å². The lowest BCUT2D eigenvalue weighted by Gasteiger charge is -1.85. The summed E-state index contributed by atoms with van der Waals surface area (Å²) in [5.74, 6) is 0. The SMILES string of the molecule is Brc1ccc2oc(Br)nc2c1. The van der Waals surface area contributed by atoms with Crippen molar-refractivity contribution in [1.29, 1.82) is 0 Å². The molecule has 2 nitrogen and oxygen atoms in total. The van der Waals surface area contributed by atoms with Gasteiger partial charge in [-0.2, -0.15) is 0 Å². The van der Waals surface area contributed by atoms with E-state index in [0.717, 1.165) is 15.6 Å². The molecule has 2 aromatic rings. The van der Waals surface area contributed by atoms with Gasteiger partial charge in [-0.15, -0.1) is 0 Å². The normalized spacial score (nSPS) is 10.7. The second-order valence-electron chi connectivity index (χ2n) is 2.08. The van der Waals surface area contributed by atoms with Crippen LogP contribution < -0.4 is 0 Å². The topological polar surface area (TPSA) is 26.0 Å². The molecule has 0 unspecified atom stereocenters. The fourth-order valence-corrected chi connectivity index (χ4v) is 1.59. The lowest BCUT2D eigenvalue weighted by atomic mass is 10.3. The minimum absolute atomic E-state index is 0.519. The molecule has 0 aliphatic carbocycles. The predicted molar refractivity (Wildman–Crippen MR) is 49.4 cm³/mol. The largest absolute Gasteiger partial charge is 0.431 e. The first kappa shape index (κ1) is 7.31. The molecule has 0 saturated carbocycles. The first-order valence-electron chi connectivity index (χ1n) is 2.97. The van der Waals surface area contributed by atoms with Crippen LogP contribution in [0, 0.1) is 0 Å². The average molecular weight is 277 g/mol. The predicted octanol–water partition coefficient (Wildman–Crippen LogP) is 3.35. The number of hydrogen-bond acceptors (Lipinski definition) is 2. The van der Waals surface area contributed by atoms with E-state index in [9.17, 15) is 0 Å². The summed E-state index contributed by atoms with van der Waals surface area (Å²) in [7, 11) is 0. The molecule has 0 spiro atoms. The van der Waals surface area contributed by atoms with Crippen molar-refractivity contribution in [2.45, 2.75) is 0 Å². The molecule has 0 aliphatic heterocycles. The summed E-state index contributed by atoms with van der Waals surface area (Å²) in [5.41, 5.74) is 1.64. The first-order chi connectivity index (χ1) is 5.25. The van der Waals surface area contributed by atoms with Gasteiger partial charge in [0.15, 0.2) is 5.58 Å². The number of benzene rings is 1. The number of hydrogen-bond donors (Lipinski definition) is 0. The average Bonchev–Trinajstić information content (AvgIpc) is 2.27. The maximum absolute atomic E-state index is 5.21. The van der Waals surface area contributed by atoms with Crippen LogP contribution in [-0.4, -0.2) is 4.98 Å². The van der Waals surface area contributed by atoms with Crippen LogP contribution in [-0.2, 0) is 0 Å². The lowest BCUT2D eigenvalue weighted by Crippen LogP contribution is -1.66. The summed E-state index contributed by atoms with van der Waals surface area (Å²) >= 11 is 6.50. The Balaban J connectivity index is 2.82. The van der Waals surface area contributed by atoms with E-state index in [0.29, 0.717) is 4.80 Å². The molecule has 56 valence electrons. The Hall–Kier alpha value is -0.350. The van der Waals surface area contributed by atoms with Gasteiger partial charge in [0.05, 0.1) is 0 Å².